The lowest BCUT2D eigenvalue weighted by Crippen LogP contribution is -2.19. The largest absolute Gasteiger partial charge is 0.496 e. The number of methoxy groups -OCH3 is 2. The Kier molecular flexibility index (Phi) is 12.2. The number of ether oxygens (including phenoxy) is 2. The van der Waals surface area contributed by atoms with Gasteiger partial charge in [-0.05, 0) is 12.1 Å². The van der Waals surface area contributed by atoms with Gasteiger partial charge in [0.25, 0.3) is 5.91 Å². The summed E-state index contributed by atoms with van der Waals surface area (Å²) in [6.45, 7) is 8.00. The lowest BCUT2D eigenvalue weighted by molar-refractivity contribution is 0.0957. The normalized spacial score (nSPS) is 7.94. The van der Waals surface area contributed by atoms with E-state index in [4.69, 9.17) is 9.47 Å². The van der Waals surface area contributed by atoms with Crippen molar-refractivity contribution in [3.05, 3.63) is 23.8 Å². The number of carbonyl (C=O) groups is 1. The Hall–Kier alpha value is -1.71. The van der Waals surface area contributed by atoms with E-state index >= 15 is 0 Å². The van der Waals surface area contributed by atoms with E-state index in [1.54, 1.807) is 25.2 Å². The number of amides is 1. The van der Waals surface area contributed by atoms with Crippen molar-refractivity contribution >= 4 is 5.91 Å². The number of hydrogen-bond acceptors (Lipinski definition) is 3. The van der Waals surface area contributed by atoms with Gasteiger partial charge in [-0.15, -0.1) is 0 Å². The topological polar surface area (TPSA) is 47.6 Å². The number of rotatable bonds is 3. The monoisotopic (exact) mass is 255 g/mol. The molecule has 1 aromatic carbocycles. The molecule has 18 heavy (non-hydrogen) atoms. The molecule has 0 radical (unpaired) electrons. The Labute approximate surface area is 110 Å². The van der Waals surface area contributed by atoms with Crippen molar-refractivity contribution in [3.8, 4) is 11.5 Å². The third-order valence-electron chi connectivity index (χ3n) is 1.88. The van der Waals surface area contributed by atoms with Crippen LogP contribution in [-0.2, 0) is 0 Å². The fraction of sp³-hybridized carbons (Fsp3) is 0.500. The van der Waals surface area contributed by atoms with Gasteiger partial charge in [0.2, 0.25) is 0 Å². The first kappa shape index (κ1) is 18.6. The molecule has 0 bridgehead atoms. The fourth-order valence-corrected chi connectivity index (χ4v) is 1.20. The van der Waals surface area contributed by atoms with Crippen LogP contribution < -0.4 is 14.8 Å². The zero-order valence-corrected chi connectivity index (χ0v) is 12.5. The number of nitrogens with one attached hydrogen (secondary N) is 1. The average molecular weight is 255 g/mol. The van der Waals surface area contributed by atoms with Crippen molar-refractivity contribution in [1.82, 2.24) is 5.32 Å². The van der Waals surface area contributed by atoms with E-state index in [-0.39, 0.29) is 5.91 Å². The maximum absolute atomic E-state index is 11.5. The van der Waals surface area contributed by atoms with E-state index in [9.17, 15) is 4.79 Å². The molecule has 4 heteroatoms. The molecule has 1 N–H and O–H groups in total. The molecule has 1 aromatic rings. The Morgan fingerprint density at radius 1 is 1.00 bits per heavy atom. The lowest BCUT2D eigenvalue weighted by atomic mass is 10.1. The number of carbonyl (C=O) groups excluding carboxylic acids is 1. The third-order valence-corrected chi connectivity index (χ3v) is 1.88. The summed E-state index contributed by atoms with van der Waals surface area (Å²) in [6, 6.07) is 5.20. The SMILES string of the molecule is CC.CC.CNC(=O)c1c(OC)cccc1OC. The summed E-state index contributed by atoms with van der Waals surface area (Å²) >= 11 is 0. The smallest absolute Gasteiger partial charge is 0.258 e. The van der Waals surface area contributed by atoms with E-state index < -0.39 is 0 Å². The van der Waals surface area contributed by atoms with Gasteiger partial charge < -0.3 is 14.8 Å². The number of hydrogen-bond donors (Lipinski definition) is 1. The van der Waals surface area contributed by atoms with Crippen LogP contribution in [0.25, 0.3) is 0 Å². The molecule has 0 saturated heterocycles. The Bertz CT molecular complexity index is 316. The predicted octanol–water partition coefficient (Wildman–Crippen LogP) is 3.12. The molecule has 4 nitrogen and oxygen atoms in total. The Morgan fingerprint density at radius 3 is 1.67 bits per heavy atom. The molecular weight excluding hydrogens is 230 g/mol. The molecule has 0 heterocycles. The maximum atomic E-state index is 11.5. The molecule has 0 atom stereocenters. The maximum Gasteiger partial charge on any atom is 0.258 e. The van der Waals surface area contributed by atoms with Crippen LogP contribution in [0, 0.1) is 0 Å². The lowest BCUT2D eigenvalue weighted by Gasteiger charge is -2.10. The van der Waals surface area contributed by atoms with Crippen molar-refractivity contribution in [2.24, 2.45) is 0 Å². The van der Waals surface area contributed by atoms with E-state index in [1.165, 1.54) is 14.2 Å². The first-order chi connectivity index (χ1) is 8.74. The second-order valence-corrected chi connectivity index (χ2v) is 2.62. The molecule has 0 unspecified atom stereocenters. The molecule has 0 saturated carbocycles. The van der Waals surface area contributed by atoms with Crippen molar-refractivity contribution in [3.63, 3.8) is 0 Å². The van der Waals surface area contributed by atoms with Gasteiger partial charge in [0, 0.05) is 7.05 Å². The van der Waals surface area contributed by atoms with Crippen LogP contribution in [0.2, 0.25) is 0 Å². The molecule has 1 amide bonds. The fourth-order valence-electron chi connectivity index (χ4n) is 1.20. The van der Waals surface area contributed by atoms with Gasteiger partial charge in [0.05, 0.1) is 14.2 Å². The van der Waals surface area contributed by atoms with Crippen LogP contribution in [-0.4, -0.2) is 27.2 Å². The minimum atomic E-state index is -0.223. The molecule has 0 spiro atoms. The van der Waals surface area contributed by atoms with Crippen LogP contribution in [0.5, 0.6) is 11.5 Å². The molecule has 0 aliphatic heterocycles. The van der Waals surface area contributed by atoms with Gasteiger partial charge in [0.1, 0.15) is 17.1 Å². The highest BCUT2D eigenvalue weighted by atomic mass is 16.5. The minimum absolute atomic E-state index is 0.223. The van der Waals surface area contributed by atoms with Gasteiger partial charge in [-0.1, -0.05) is 33.8 Å². The van der Waals surface area contributed by atoms with Crippen LogP contribution in [0.4, 0.5) is 0 Å². The summed E-state index contributed by atoms with van der Waals surface area (Å²) in [6.07, 6.45) is 0. The summed E-state index contributed by atoms with van der Waals surface area (Å²) in [4.78, 5) is 11.5. The second kappa shape index (κ2) is 11.8. The summed E-state index contributed by atoms with van der Waals surface area (Å²) in [7, 11) is 4.59. The highest BCUT2D eigenvalue weighted by Gasteiger charge is 2.16. The minimum Gasteiger partial charge on any atom is -0.496 e. The van der Waals surface area contributed by atoms with Crippen molar-refractivity contribution in [2.45, 2.75) is 27.7 Å². The van der Waals surface area contributed by atoms with Gasteiger partial charge in [-0.2, -0.15) is 0 Å². The second-order valence-electron chi connectivity index (χ2n) is 2.62. The van der Waals surface area contributed by atoms with Gasteiger partial charge in [-0.3, -0.25) is 4.79 Å². The highest BCUT2D eigenvalue weighted by molar-refractivity contribution is 5.99. The summed E-state index contributed by atoms with van der Waals surface area (Å²) in [5.41, 5.74) is 0.417. The van der Waals surface area contributed by atoms with Gasteiger partial charge in [-0.25, -0.2) is 0 Å². The van der Waals surface area contributed by atoms with Crippen LogP contribution in [0.3, 0.4) is 0 Å². The van der Waals surface area contributed by atoms with Crippen LogP contribution >= 0.6 is 0 Å². The van der Waals surface area contributed by atoms with E-state index in [2.05, 4.69) is 5.32 Å². The first-order valence-corrected chi connectivity index (χ1v) is 6.17. The van der Waals surface area contributed by atoms with Crippen molar-refractivity contribution in [1.29, 1.82) is 0 Å². The Balaban J connectivity index is 0. The van der Waals surface area contributed by atoms with Gasteiger partial charge >= 0.3 is 0 Å². The van der Waals surface area contributed by atoms with Crippen LogP contribution in [0.1, 0.15) is 38.1 Å². The summed E-state index contributed by atoms with van der Waals surface area (Å²) < 4.78 is 10.1. The zero-order valence-electron chi connectivity index (χ0n) is 12.5. The molecule has 1 rings (SSSR count). The van der Waals surface area contributed by atoms with E-state index in [0.717, 1.165) is 0 Å². The summed E-state index contributed by atoms with van der Waals surface area (Å²) in [5, 5.41) is 2.53. The highest BCUT2D eigenvalue weighted by Crippen LogP contribution is 2.27. The van der Waals surface area contributed by atoms with Crippen molar-refractivity contribution < 1.29 is 14.3 Å². The zero-order chi connectivity index (χ0) is 14.6. The Morgan fingerprint density at radius 2 is 1.39 bits per heavy atom. The number of benzene rings is 1. The third kappa shape index (κ3) is 5.08. The molecular formula is C14H25NO3. The molecule has 0 aliphatic carbocycles. The predicted molar refractivity (Wildman–Crippen MR) is 75.6 cm³/mol. The average Bonchev–Trinajstić information content (AvgIpc) is 2.49. The molecule has 0 aromatic heterocycles. The molecule has 0 aliphatic rings. The summed E-state index contributed by atoms with van der Waals surface area (Å²) in [5.74, 6) is 0.784. The standard InChI is InChI=1S/C10H13NO3.2C2H6/c1-11-10(12)9-7(13-2)5-4-6-8(9)14-3;2*1-2/h4-6H,1-3H3,(H,11,12);2*1-2H3. The molecule has 0 fully saturated rings. The van der Waals surface area contributed by atoms with Crippen molar-refractivity contribution in [2.75, 3.05) is 21.3 Å². The first-order valence-electron chi connectivity index (χ1n) is 6.17. The molecule has 104 valence electrons. The quantitative estimate of drug-likeness (QED) is 0.902. The van der Waals surface area contributed by atoms with E-state index in [0.29, 0.717) is 17.1 Å². The van der Waals surface area contributed by atoms with Gasteiger partial charge in [0.15, 0.2) is 0 Å². The van der Waals surface area contributed by atoms with Crippen LogP contribution in [0.15, 0.2) is 18.2 Å². The van der Waals surface area contributed by atoms with E-state index in [1.807, 2.05) is 27.7 Å².